The van der Waals surface area contributed by atoms with Gasteiger partial charge in [0.2, 0.25) is 5.91 Å². The zero-order valence-electron chi connectivity index (χ0n) is 17.8. The molecule has 9 nitrogen and oxygen atoms in total. The predicted octanol–water partition coefficient (Wildman–Crippen LogP) is 3.53. The van der Waals surface area contributed by atoms with E-state index in [-0.39, 0.29) is 23.1 Å². The van der Waals surface area contributed by atoms with E-state index in [0.29, 0.717) is 30.1 Å². The van der Waals surface area contributed by atoms with Crippen LogP contribution in [0.2, 0.25) is 0 Å². The van der Waals surface area contributed by atoms with Crippen LogP contribution in [0.3, 0.4) is 0 Å². The summed E-state index contributed by atoms with van der Waals surface area (Å²) in [5.74, 6) is 0.624. The van der Waals surface area contributed by atoms with Crippen molar-refractivity contribution in [3.63, 3.8) is 0 Å². The second-order valence-electron chi connectivity index (χ2n) is 7.17. The number of hydrogen-bond acceptors (Lipinski definition) is 7. The summed E-state index contributed by atoms with van der Waals surface area (Å²) in [6.07, 6.45) is 1.31. The largest absolute Gasteiger partial charge is 0.356 e. The van der Waals surface area contributed by atoms with Gasteiger partial charge in [-0.15, -0.1) is 10.2 Å². The predicted molar refractivity (Wildman–Crippen MR) is 121 cm³/mol. The zero-order chi connectivity index (χ0) is 23.1. The minimum Gasteiger partial charge on any atom is -0.356 e. The van der Waals surface area contributed by atoms with Gasteiger partial charge in [0.1, 0.15) is 5.82 Å². The zero-order valence-corrected chi connectivity index (χ0v) is 18.6. The number of aromatic nitrogens is 3. The standard InChI is InChI=1S/C22H23N5O4S/c1-15-5-9-18(10-6-15)26-21(4-3-13-23-16(2)28)24-25-22(26)32-14-20(29)17-7-11-19(12-8-17)27(30)31/h5-12H,3-4,13-14H2,1-2H3,(H,23,28). The Labute approximate surface area is 189 Å². The van der Waals surface area contributed by atoms with E-state index < -0.39 is 4.92 Å². The number of rotatable bonds is 10. The van der Waals surface area contributed by atoms with Gasteiger partial charge in [0.15, 0.2) is 10.9 Å². The number of carbonyl (C=O) groups is 2. The molecule has 0 saturated carbocycles. The third-order valence-corrected chi connectivity index (χ3v) is 5.61. The van der Waals surface area contributed by atoms with E-state index in [9.17, 15) is 19.7 Å². The van der Waals surface area contributed by atoms with Crippen molar-refractivity contribution in [2.75, 3.05) is 12.3 Å². The summed E-state index contributed by atoms with van der Waals surface area (Å²) in [6, 6.07) is 13.5. The Morgan fingerprint density at radius 1 is 1.09 bits per heavy atom. The molecule has 0 atom stereocenters. The Balaban J connectivity index is 1.76. The Morgan fingerprint density at radius 2 is 1.78 bits per heavy atom. The van der Waals surface area contributed by atoms with E-state index in [2.05, 4.69) is 15.5 Å². The van der Waals surface area contributed by atoms with Gasteiger partial charge in [-0.25, -0.2) is 0 Å². The van der Waals surface area contributed by atoms with Crippen molar-refractivity contribution in [2.45, 2.75) is 31.8 Å². The number of carbonyl (C=O) groups excluding carboxylic acids is 2. The first-order valence-electron chi connectivity index (χ1n) is 10.0. The van der Waals surface area contributed by atoms with Gasteiger partial charge in [0.05, 0.1) is 10.7 Å². The summed E-state index contributed by atoms with van der Waals surface area (Å²) >= 11 is 1.26. The number of hydrogen-bond donors (Lipinski definition) is 1. The normalized spacial score (nSPS) is 10.7. The molecule has 0 aliphatic rings. The molecule has 0 bridgehead atoms. The molecule has 3 aromatic rings. The maximum atomic E-state index is 12.6. The van der Waals surface area contributed by atoms with E-state index in [4.69, 9.17) is 0 Å². The molecular formula is C22H23N5O4S. The fraction of sp³-hybridized carbons (Fsp3) is 0.273. The van der Waals surface area contributed by atoms with E-state index >= 15 is 0 Å². The molecule has 0 saturated heterocycles. The van der Waals surface area contributed by atoms with E-state index in [1.807, 2.05) is 35.8 Å². The number of thioether (sulfide) groups is 1. The van der Waals surface area contributed by atoms with Gasteiger partial charge >= 0.3 is 0 Å². The summed E-state index contributed by atoms with van der Waals surface area (Å²) in [5, 5.41) is 22.7. The molecule has 1 aromatic heterocycles. The molecule has 0 fully saturated rings. The highest BCUT2D eigenvalue weighted by Crippen LogP contribution is 2.24. The van der Waals surface area contributed by atoms with Gasteiger partial charge in [0, 0.05) is 43.3 Å². The van der Waals surface area contributed by atoms with Crippen LogP contribution in [0, 0.1) is 17.0 Å². The molecule has 0 aliphatic heterocycles. The van der Waals surface area contributed by atoms with Gasteiger partial charge in [0.25, 0.3) is 5.69 Å². The number of Topliss-reactive ketones (excluding diaryl/α,β-unsaturated/α-hetero) is 1. The van der Waals surface area contributed by atoms with Gasteiger partial charge in [-0.05, 0) is 37.6 Å². The fourth-order valence-electron chi connectivity index (χ4n) is 3.00. The summed E-state index contributed by atoms with van der Waals surface area (Å²) in [4.78, 5) is 34.0. The summed E-state index contributed by atoms with van der Waals surface area (Å²) in [6.45, 7) is 4.02. The van der Waals surface area contributed by atoms with Crippen LogP contribution < -0.4 is 5.32 Å². The molecule has 1 amide bonds. The van der Waals surface area contributed by atoms with Crippen LogP contribution in [0.15, 0.2) is 53.7 Å². The monoisotopic (exact) mass is 453 g/mol. The number of nitro benzene ring substituents is 1. The molecule has 1 heterocycles. The van der Waals surface area contributed by atoms with Gasteiger partial charge in [-0.1, -0.05) is 29.5 Å². The number of ketones is 1. The third-order valence-electron chi connectivity index (χ3n) is 4.68. The van der Waals surface area contributed by atoms with Crippen molar-refractivity contribution in [1.29, 1.82) is 0 Å². The number of benzene rings is 2. The number of nitro groups is 1. The van der Waals surface area contributed by atoms with Crippen molar-refractivity contribution in [3.8, 4) is 5.69 Å². The van der Waals surface area contributed by atoms with Crippen molar-refractivity contribution in [2.24, 2.45) is 0 Å². The van der Waals surface area contributed by atoms with Crippen LogP contribution in [-0.2, 0) is 11.2 Å². The van der Waals surface area contributed by atoms with Crippen LogP contribution in [0.5, 0.6) is 0 Å². The van der Waals surface area contributed by atoms with E-state index in [1.165, 1.54) is 43.0 Å². The van der Waals surface area contributed by atoms with Gasteiger partial charge in [-0.2, -0.15) is 0 Å². The highest BCUT2D eigenvalue weighted by atomic mass is 32.2. The Bertz CT molecular complexity index is 1110. The lowest BCUT2D eigenvalue weighted by Crippen LogP contribution is -2.21. The second kappa shape index (κ2) is 10.7. The molecule has 32 heavy (non-hydrogen) atoms. The Kier molecular flexibility index (Phi) is 7.72. The van der Waals surface area contributed by atoms with Crippen LogP contribution in [0.1, 0.15) is 35.1 Å². The van der Waals surface area contributed by atoms with Crippen LogP contribution in [0.25, 0.3) is 5.69 Å². The van der Waals surface area contributed by atoms with E-state index in [1.54, 1.807) is 0 Å². The smallest absolute Gasteiger partial charge is 0.269 e. The first-order valence-corrected chi connectivity index (χ1v) is 11.0. The first kappa shape index (κ1) is 23.1. The molecule has 166 valence electrons. The summed E-state index contributed by atoms with van der Waals surface area (Å²) in [5.41, 5.74) is 2.36. The second-order valence-corrected chi connectivity index (χ2v) is 8.11. The Hall–Kier alpha value is -3.53. The molecule has 10 heteroatoms. The number of amides is 1. The lowest BCUT2D eigenvalue weighted by molar-refractivity contribution is -0.384. The first-order chi connectivity index (χ1) is 15.3. The highest BCUT2D eigenvalue weighted by molar-refractivity contribution is 7.99. The summed E-state index contributed by atoms with van der Waals surface area (Å²) in [7, 11) is 0. The average molecular weight is 454 g/mol. The van der Waals surface area contributed by atoms with Crippen LogP contribution in [0.4, 0.5) is 5.69 Å². The molecule has 0 aliphatic carbocycles. The summed E-state index contributed by atoms with van der Waals surface area (Å²) < 4.78 is 1.92. The highest BCUT2D eigenvalue weighted by Gasteiger charge is 2.17. The van der Waals surface area contributed by atoms with Crippen molar-refractivity contribution >= 4 is 29.1 Å². The third kappa shape index (κ3) is 6.01. The number of non-ortho nitro benzene ring substituents is 1. The number of nitrogens with zero attached hydrogens (tertiary/aromatic N) is 4. The molecule has 0 radical (unpaired) electrons. The molecule has 2 aromatic carbocycles. The van der Waals surface area contributed by atoms with Crippen LogP contribution >= 0.6 is 11.8 Å². The molecular weight excluding hydrogens is 430 g/mol. The SMILES string of the molecule is CC(=O)NCCCc1nnc(SCC(=O)c2ccc([N+](=O)[O-])cc2)n1-c1ccc(C)cc1. The van der Waals surface area contributed by atoms with Gasteiger partial charge < -0.3 is 5.32 Å². The lowest BCUT2D eigenvalue weighted by atomic mass is 10.1. The minimum absolute atomic E-state index is 0.0581. The topological polar surface area (TPSA) is 120 Å². The van der Waals surface area contributed by atoms with Crippen molar-refractivity contribution in [3.05, 3.63) is 75.6 Å². The number of nitrogens with one attached hydrogen (secondary N) is 1. The van der Waals surface area contributed by atoms with Gasteiger partial charge in [-0.3, -0.25) is 24.3 Å². The fourth-order valence-corrected chi connectivity index (χ4v) is 3.87. The van der Waals surface area contributed by atoms with Crippen molar-refractivity contribution < 1.29 is 14.5 Å². The minimum atomic E-state index is -0.499. The number of aryl methyl sites for hydroxylation is 2. The van der Waals surface area contributed by atoms with Crippen LogP contribution in [-0.4, -0.2) is 43.7 Å². The van der Waals surface area contributed by atoms with Crippen molar-refractivity contribution in [1.82, 2.24) is 20.1 Å². The average Bonchev–Trinajstić information content (AvgIpc) is 3.18. The van der Waals surface area contributed by atoms with E-state index in [0.717, 1.165) is 17.1 Å². The maximum Gasteiger partial charge on any atom is 0.269 e. The molecule has 3 rings (SSSR count). The quantitative estimate of drug-likeness (QED) is 0.164. The Morgan fingerprint density at radius 3 is 2.41 bits per heavy atom. The molecule has 0 spiro atoms. The maximum absolute atomic E-state index is 12.6. The molecule has 1 N–H and O–H groups in total. The molecule has 0 unspecified atom stereocenters. The lowest BCUT2D eigenvalue weighted by Gasteiger charge is -2.11.